The predicted octanol–water partition coefficient (Wildman–Crippen LogP) is 2.11. The minimum Gasteiger partial charge on any atom is -0.465 e. The van der Waals surface area contributed by atoms with Crippen molar-refractivity contribution in [1.29, 1.82) is 0 Å². The largest absolute Gasteiger partial charge is 0.465 e. The molecule has 0 atom stereocenters. The quantitative estimate of drug-likeness (QED) is 0.520. The average molecular weight is 298 g/mol. The molecule has 0 aliphatic carbocycles. The molecule has 1 aromatic rings. The second kappa shape index (κ2) is 6.49. The fraction of sp³-hybridized carbons (Fsp3) is 0.462. The van der Waals surface area contributed by atoms with E-state index in [0.717, 1.165) is 19.2 Å². The highest BCUT2D eigenvalue weighted by molar-refractivity contribution is 5.92. The van der Waals surface area contributed by atoms with Gasteiger partial charge in [-0.1, -0.05) is 0 Å². The van der Waals surface area contributed by atoms with E-state index in [2.05, 4.69) is 10.1 Å². The van der Waals surface area contributed by atoms with Crippen LogP contribution in [-0.4, -0.2) is 37.3 Å². The van der Waals surface area contributed by atoms with Crippen LogP contribution in [0.5, 0.6) is 0 Å². The Labute approximate surface area is 120 Å². The van der Waals surface area contributed by atoms with Gasteiger partial charge in [-0.3, -0.25) is 10.1 Å². The molecule has 1 aliphatic rings. The van der Waals surface area contributed by atoms with Crippen LogP contribution in [0.2, 0.25) is 0 Å². The van der Waals surface area contributed by atoms with E-state index in [-0.39, 0.29) is 17.3 Å². The van der Waals surface area contributed by atoms with Crippen molar-refractivity contribution < 1.29 is 23.6 Å². The van der Waals surface area contributed by atoms with Gasteiger partial charge in [-0.25, -0.2) is 9.18 Å². The van der Waals surface area contributed by atoms with Crippen LogP contribution in [0, 0.1) is 15.9 Å². The molecule has 1 aromatic carbocycles. The third-order valence-electron chi connectivity index (χ3n) is 3.27. The molecule has 1 fully saturated rings. The summed E-state index contributed by atoms with van der Waals surface area (Å²) in [7, 11) is 1.12. The highest BCUT2D eigenvalue weighted by Gasteiger charge is 2.24. The molecule has 1 aliphatic heterocycles. The van der Waals surface area contributed by atoms with Crippen LogP contribution in [0.25, 0.3) is 0 Å². The highest BCUT2D eigenvalue weighted by Crippen LogP contribution is 2.30. The minimum atomic E-state index is -0.980. The number of nitrogens with one attached hydrogen (secondary N) is 1. The molecule has 0 radical (unpaired) electrons. The summed E-state index contributed by atoms with van der Waals surface area (Å²) in [5.41, 5.74) is -0.641. The van der Waals surface area contributed by atoms with Crippen LogP contribution < -0.4 is 5.32 Å². The molecule has 7 nitrogen and oxygen atoms in total. The van der Waals surface area contributed by atoms with Gasteiger partial charge in [-0.15, -0.1) is 0 Å². The third-order valence-corrected chi connectivity index (χ3v) is 3.27. The number of ether oxygens (including phenoxy) is 2. The van der Waals surface area contributed by atoms with Gasteiger partial charge in [-0.05, 0) is 18.9 Å². The summed E-state index contributed by atoms with van der Waals surface area (Å²) in [5.74, 6) is -1.86. The van der Waals surface area contributed by atoms with E-state index >= 15 is 0 Å². The third kappa shape index (κ3) is 3.46. The van der Waals surface area contributed by atoms with Gasteiger partial charge >= 0.3 is 5.97 Å². The maximum Gasteiger partial charge on any atom is 0.340 e. The van der Waals surface area contributed by atoms with Crippen molar-refractivity contribution >= 4 is 17.3 Å². The summed E-state index contributed by atoms with van der Waals surface area (Å²) in [6, 6.07) is 1.83. The number of nitro groups is 1. The van der Waals surface area contributed by atoms with E-state index in [0.29, 0.717) is 26.1 Å². The Morgan fingerprint density at radius 2 is 2.14 bits per heavy atom. The number of hydrogen-bond acceptors (Lipinski definition) is 6. The second-order valence-electron chi connectivity index (χ2n) is 4.63. The number of carbonyl (C=O) groups excluding carboxylic acids is 1. The molecule has 1 saturated heterocycles. The van der Waals surface area contributed by atoms with Crippen LogP contribution in [0.3, 0.4) is 0 Å². The van der Waals surface area contributed by atoms with Gasteiger partial charge in [0.25, 0.3) is 5.69 Å². The SMILES string of the molecule is COC(=O)c1cc(NC2CCOCC2)c([N+](=O)[O-])cc1F. The second-order valence-corrected chi connectivity index (χ2v) is 4.63. The van der Waals surface area contributed by atoms with Crippen molar-refractivity contribution in [3.05, 3.63) is 33.6 Å². The van der Waals surface area contributed by atoms with Crippen LogP contribution in [0.1, 0.15) is 23.2 Å². The average Bonchev–Trinajstić information content (AvgIpc) is 2.48. The number of nitro benzene ring substituents is 1. The number of rotatable bonds is 4. The van der Waals surface area contributed by atoms with E-state index in [1.165, 1.54) is 0 Å². The summed E-state index contributed by atoms with van der Waals surface area (Å²) in [6.45, 7) is 1.10. The summed E-state index contributed by atoms with van der Waals surface area (Å²) in [4.78, 5) is 21.8. The van der Waals surface area contributed by atoms with E-state index < -0.39 is 22.4 Å². The Hall–Kier alpha value is -2.22. The minimum absolute atomic E-state index is 0.0200. The van der Waals surface area contributed by atoms with Gasteiger partial charge in [0, 0.05) is 19.3 Å². The van der Waals surface area contributed by atoms with Crippen LogP contribution in [-0.2, 0) is 9.47 Å². The number of benzene rings is 1. The summed E-state index contributed by atoms with van der Waals surface area (Å²) < 4.78 is 23.4. The molecule has 0 spiro atoms. The normalized spacial score (nSPS) is 15.5. The number of halogens is 1. The van der Waals surface area contributed by atoms with Crippen molar-refractivity contribution in [2.75, 3.05) is 25.6 Å². The first kappa shape index (κ1) is 15.2. The van der Waals surface area contributed by atoms with Gasteiger partial charge in [0.1, 0.15) is 11.5 Å². The first-order valence-corrected chi connectivity index (χ1v) is 6.43. The van der Waals surface area contributed by atoms with Crippen molar-refractivity contribution in [3.8, 4) is 0 Å². The van der Waals surface area contributed by atoms with Gasteiger partial charge in [-0.2, -0.15) is 0 Å². The maximum atomic E-state index is 13.8. The number of methoxy groups -OCH3 is 1. The monoisotopic (exact) mass is 298 g/mol. The van der Waals surface area contributed by atoms with Crippen molar-refractivity contribution in [1.82, 2.24) is 0 Å². The zero-order valence-corrected chi connectivity index (χ0v) is 11.4. The van der Waals surface area contributed by atoms with E-state index in [9.17, 15) is 19.3 Å². The van der Waals surface area contributed by atoms with Crippen LogP contribution in [0.15, 0.2) is 12.1 Å². The fourth-order valence-electron chi connectivity index (χ4n) is 2.16. The Morgan fingerprint density at radius 3 is 2.71 bits per heavy atom. The number of carbonyl (C=O) groups is 1. The van der Waals surface area contributed by atoms with Gasteiger partial charge in [0.05, 0.1) is 23.7 Å². The Kier molecular flexibility index (Phi) is 4.69. The summed E-state index contributed by atoms with van der Waals surface area (Å²) in [5, 5.41) is 14.0. The molecule has 0 saturated carbocycles. The molecular formula is C13H15FN2O5. The topological polar surface area (TPSA) is 90.7 Å². The standard InChI is InChI=1S/C13H15FN2O5/c1-20-13(17)9-6-11(12(16(18)19)7-10(9)14)15-8-2-4-21-5-3-8/h6-8,15H,2-5H2,1H3. The van der Waals surface area contributed by atoms with Gasteiger partial charge in [0.2, 0.25) is 0 Å². The lowest BCUT2D eigenvalue weighted by Gasteiger charge is -2.24. The first-order valence-electron chi connectivity index (χ1n) is 6.43. The highest BCUT2D eigenvalue weighted by atomic mass is 19.1. The molecular weight excluding hydrogens is 283 g/mol. The predicted molar refractivity (Wildman–Crippen MR) is 71.9 cm³/mol. The summed E-state index contributed by atoms with van der Waals surface area (Å²) in [6.07, 6.45) is 1.37. The molecule has 0 unspecified atom stereocenters. The van der Waals surface area contributed by atoms with Crippen molar-refractivity contribution in [2.24, 2.45) is 0 Å². The molecule has 8 heteroatoms. The number of anilines is 1. The van der Waals surface area contributed by atoms with Gasteiger partial charge in [0.15, 0.2) is 0 Å². The van der Waals surface area contributed by atoms with Gasteiger partial charge < -0.3 is 14.8 Å². The summed E-state index contributed by atoms with van der Waals surface area (Å²) >= 11 is 0. The molecule has 0 bridgehead atoms. The smallest absolute Gasteiger partial charge is 0.340 e. The van der Waals surface area contributed by atoms with E-state index in [1.54, 1.807) is 0 Å². The van der Waals surface area contributed by atoms with Crippen LogP contribution >= 0.6 is 0 Å². The van der Waals surface area contributed by atoms with Crippen LogP contribution in [0.4, 0.5) is 15.8 Å². The molecule has 2 rings (SSSR count). The number of hydrogen-bond donors (Lipinski definition) is 1. The lowest BCUT2D eigenvalue weighted by Crippen LogP contribution is -2.28. The molecule has 1 heterocycles. The molecule has 1 N–H and O–H groups in total. The lowest BCUT2D eigenvalue weighted by atomic mass is 10.1. The number of esters is 1. The zero-order chi connectivity index (χ0) is 15.4. The lowest BCUT2D eigenvalue weighted by molar-refractivity contribution is -0.384. The fourth-order valence-corrected chi connectivity index (χ4v) is 2.16. The molecule has 0 amide bonds. The Balaban J connectivity index is 2.35. The first-order chi connectivity index (χ1) is 10.0. The molecule has 0 aromatic heterocycles. The number of nitrogens with zero attached hydrogens (tertiary/aromatic N) is 1. The maximum absolute atomic E-state index is 13.8. The Bertz CT molecular complexity index is 558. The Morgan fingerprint density at radius 1 is 1.48 bits per heavy atom. The van der Waals surface area contributed by atoms with E-state index in [1.807, 2.05) is 0 Å². The molecule has 114 valence electrons. The van der Waals surface area contributed by atoms with E-state index in [4.69, 9.17) is 4.74 Å². The molecule has 21 heavy (non-hydrogen) atoms. The zero-order valence-electron chi connectivity index (χ0n) is 11.4. The van der Waals surface area contributed by atoms with Crippen molar-refractivity contribution in [3.63, 3.8) is 0 Å². The van der Waals surface area contributed by atoms with Crippen molar-refractivity contribution in [2.45, 2.75) is 18.9 Å².